The van der Waals surface area contributed by atoms with Gasteiger partial charge in [-0.15, -0.1) is 0 Å². The van der Waals surface area contributed by atoms with Crippen LogP contribution < -0.4 is 9.64 Å². The van der Waals surface area contributed by atoms with Crippen molar-refractivity contribution in [2.45, 2.75) is 32.8 Å². The largest absolute Gasteiger partial charge is 0.470 e. The van der Waals surface area contributed by atoms with E-state index in [1.165, 1.54) is 0 Å². The molecule has 0 spiro atoms. The van der Waals surface area contributed by atoms with Crippen LogP contribution in [0.3, 0.4) is 0 Å². The molecule has 2 heterocycles. The molecule has 1 unspecified atom stereocenters. The highest BCUT2D eigenvalue weighted by molar-refractivity contribution is 5.94. The van der Waals surface area contributed by atoms with Gasteiger partial charge in [0.25, 0.3) is 11.8 Å². The molecule has 1 aromatic heterocycles. The minimum absolute atomic E-state index is 0.0667. The molecule has 3 rings (SSSR count). The number of likely N-dealkylation sites (tertiary alicyclic amines) is 1. The molecule has 26 heavy (non-hydrogen) atoms. The first-order chi connectivity index (χ1) is 12.4. The molecule has 1 atom stereocenters. The van der Waals surface area contributed by atoms with Crippen molar-refractivity contribution in [2.24, 2.45) is 0 Å². The van der Waals surface area contributed by atoms with Gasteiger partial charge < -0.3 is 14.5 Å². The summed E-state index contributed by atoms with van der Waals surface area (Å²) in [6.45, 7) is 5.35. The summed E-state index contributed by atoms with van der Waals surface area (Å²) in [5, 5.41) is 0. The maximum absolute atomic E-state index is 12.9. The van der Waals surface area contributed by atoms with E-state index in [1.54, 1.807) is 12.4 Å². The second kappa shape index (κ2) is 7.72. The Hall–Kier alpha value is -2.63. The molecule has 6 nitrogen and oxygen atoms in total. The van der Waals surface area contributed by atoms with Gasteiger partial charge in [-0.3, -0.25) is 4.79 Å². The van der Waals surface area contributed by atoms with Gasteiger partial charge in [-0.1, -0.05) is 17.2 Å². The van der Waals surface area contributed by atoms with Crippen molar-refractivity contribution in [3.8, 4) is 5.88 Å². The van der Waals surface area contributed by atoms with Crippen LogP contribution in [0.5, 0.6) is 5.88 Å². The highest BCUT2D eigenvalue weighted by atomic mass is 16.5. The minimum atomic E-state index is -0.0750. The highest BCUT2D eigenvalue weighted by Crippen LogP contribution is 2.25. The quantitative estimate of drug-likeness (QED) is 0.845. The van der Waals surface area contributed by atoms with Crippen LogP contribution in [0.1, 0.15) is 34.3 Å². The zero-order chi connectivity index (χ0) is 18.7. The number of anilines is 1. The predicted octanol–water partition coefficient (Wildman–Crippen LogP) is 2.84. The molecule has 1 aromatic carbocycles. The Balaban J connectivity index is 1.72. The van der Waals surface area contributed by atoms with E-state index in [0.29, 0.717) is 18.2 Å². The molecule has 0 bridgehead atoms. The fourth-order valence-electron chi connectivity index (χ4n) is 3.37. The number of hydrogen-bond acceptors (Lipinski definition) is 5. The number of amides is 1. The van der Waals surface area contributed by atoms with Gasteiger partial charge in [0.05, 0.1) is 6.54 Å². The van der Waals surface area contributed by atoms with Gasteiger partial charge in [0.1, 0.15) is 6.10 Å². The molecule has 0 N–H and O–H groups in total. The summed E-state index contributed by atoms with van der Waals surface area (Å²) in [4.78, 5) is 25.3. The molecule has 0 aliphatic carbocycles. The van der Waals surface area contributed by atoms with E-state index in [1.807, 2.05) is 49.9 Å². The smallest absolute Gasteiger partial charge is 0.257 e. The summed E-state index contributed by atoms with van der Waals surface area (Å²) in [5.41, 5.74) is 2.96. The van der Waals surface area contributed by atoms with Crippen molar-refractivity contribution in [1.82, 2.24) is 14.9 Å². The van der Waals surface area contributed by atoms with E-state index in [0.717, 1.165) is 36.1 Å². The number of nitrogens with zero attached hydrogens (tertiary/aromatic N) is 4. The monoisotopic (exact) mass is 354 g/mol. The number of piperidine rings is 1. The summed E-state index contributed by atoms with van der Waals surface area (Å²) in [6, 6.07) is 5.98. The van der Waals surface area contributed by atoms with Crippen molar-refractivity contribution in [3.05, 3.63) is 47.3 Å². The van der Waals surface area contributed by atoms with E-state index < -0.39 is 0 Å². The fourth-order valence-corrected chi connectivity index (χ4v) is 3.37. The molecule has 2 aromatic rings. The number of ether oxygens (including phenoxy) is 1. The van der Waals surface area contributed by atoms with Gasteiger partial charge in [-0.05, 0) is 38.8 Å². The van der Waals surface area contributed by atoms with Gasteiger partial charge in [0, 0.05) is 38.6 Å². The van der Waals surface area contributed by atoms with Crippen LogP contribution in [0.4, 0.5) is 5.82 Å². The predicted molar refractivity (Wildman–Crippen MR) is 102 cm³/mol. The van der Waals surface area contributed by atoms with E-state index in [9.17, 15) is 4.79 Å². The Morgan fingerprint density at radius 1 is 1.15 bits per heavy atom. The third-order valence-electron chi connectivity index (χ3n) is 4.48. The van der Waals surface area contributed by atoms with Crippen LogP contribution in [0.25, 0.3) is 0 Å². The third-order valence-corrected chi connectivity index (χ3v) is 4.48. The van der Waals surface area contributed by atoms with Gasteiger partial charge >= 0.3 is 0 Å². The van der Waals surface area contributed by atoms with Gasteiger partial charge in [0.15, 0.2) is 5.82 Å². The molecular weight excluding hydrogens is 328 g/mol. The minimum Gasteiger partial charge on any atom is -0.470 e. The first-order valence-corrected chi connectivity index (χ1v) is 8.96. The number of benzene rings is 1. The summed E-state index contributed by atoms with van der Waals surface area (Å²) in [5.74, 6) is 1.28. The average Bonchev–Trinajstić information content (AvgIpc) is 2.61. The molecule has 0 radical (unpaired) electrons. The van der Waals surface area contributed by atoms with Crippen molar-refractivity contribution in [3.63, 3.8) is 0 Å². The topological polar surface area (TPSA) is 58.6 Å². The molecule has 6 heteroatoms. The Morgan fingerprint density at radius 2 is 1.85 bits per heavy atom. The van der Waals surface area contributed by atoms with Crippen LogP contribution in [0.2, 0.25) is 0 Å². The summed E-state index contributed by atoms with van der Waals surface area (Å²) in [6.07, 6.45) is 5.02. The summed E-state index contributed by atoms with van der Waals surface area (Å²) >= 11 is 0. The maximum atomic E-state index is 12.9. The Bertz CT molecular complexity index is 771. The van der Waals surface area contributed by atoms with Crippen LogP contribution >= 0.6 is 0 Å². The SMILES string of the molecule is Cc1cc(C)cc(C(=O)N2CCCC(Oc3nccnc3N(C)C)C2)c1. The average molecular weight is 354 g/mol. The highest BCUT2D eigenvalue weighted by Gasteiger charge is 2.27. The van der Waals surface area contributed by atoms with Crippen LogP contribution in [0.15, 0.2) is 30.6 Å². The molecule has 1 aliphatic rings. The standard InChI is InChI=1S/C20H26N4O2/c1-14-10-15(2)12-16(11-14)20(25)24-9-5-6-17(13-24)26-19-18(23(3)4)21-7-8-22-19/h7-8,10-12,17H,5-6,9,13H2,1-4H3. The number of carbonyl (C=O) groups is 1. The van der Waals surface area contributed by atoms with E-state index in [2.05, 4.69) is 16.0 Å². The number of aryl methyl sites for hydroxylation is 2. The second-order valence-electron chi connectivity index (χ2n) is 7.09. The lowest BCUT2D eigenvalue weighted by Gasteiger charge is -2.33. The molecule has 1 aliphatic heterocycles. The van der Waals surface area contributed by atoms with Gasteiger partial charge in [-0.2, -0.15) is 0 Å². The maximum Gasteiger partial charge on any atom is 0.257 e. The first kappa shape index (κ1) is 18.2. The fraction of sp³-hybridized carbons (Fsp3) is 0.450. The van der Waals surface area contributed by atoms with Crippen molar-refractivity contribution in [2.75, 3.05) is 32.1 Å². The van der Waals surface area contributed by atoms with Crippen molar-refractivity contribution in [1.29, 1.82) is 0 Å². The molecule has 138 valence electrons. The second-order valence-corrected chi connectivity index (χ2v) is 7.09. The number of rotatable bonds is 4. The lowest BCUT2D eigenvalue weighted by Crippen LogP contribution is -2.44. The molecule has 0 saturated carbocycles. The van der Waals surface area contributed by atoms with Crippen LogP contribution in [0, 0.1) is 13.8 Å². The lowest BCUT2D eigenvalue weighted by molar-refractivity contribution is 0.0528. The molecule has 1 saturated heterocycles. The Morgan fingerprint density at radius 3 is 2.54 bits per heavy atom. The first-order valence-electron chi connectivity index (χ1n) is 8.96. The Kier molecular flexibility index (Phi) is 5.40. The van der Waals surface area contributed by atoms with Crippen LogP contribution in [-0.4, -0.2) is 54.1 Å². The summed E-state index contributed by atoms with van der Waals surface area (Å²) in [7, 11) is 3.82. The summed E-state index contributed by atoms with van der Waals surface area (Å²) < 4.78 is 6.10. The lowest BCUT2D eigenvalue weighted by atomic mass is 10.0. The molecule has 1 amide bonds. The van der Waals surface area contributed by atoms with Gasteiger partial charge in [-0.25, -0.2) is 9.97 Å². The number of aromatic nitrogens is 2. The number of carbonyl (C=O) groups excluding carboxylic acids is 1. The molecule has 1 fully saturated rings. The van der Waals surface area contributed by atoms with Gasteiger partial charge in [0.2, 0.25) is 0 Å². The normalized spacial score (nSPS) is 17.1. The van der Waals surface area contributed by atoms with E-state index in [4.69, 9.17) is 4.74 Å². The van der Waals surface area contributed by atoms with E-state index >= 15 is 0 Å². The molecular formula is C20H26N4O2. The Labute approximate surface area is 154 Å². The third kappa shape index (κ3) is 4.12. The van der Waals surface area contributed by atoms with Crippen molar-refractivity contribution >= 4 is 11.7 Å². The zero-order valence-corrected chi connectivity index (χ0v) is 15.9. The van der Waals surface area contributed by atoms with Crippen LogP contribution in [-0.2, 0) is 0 Å². The number of hydrogen-bond donors (Lipinski definition) is 0. The zero-order valence-electron chi connectivity index (χ0n) is 15.9. The van der Waals surface area contributed by atoms with Crippen molar-refractivity contribution < 1.29 is 9.53 Å². The van der Waals surface area contributed by atoms with E-state index in [-0.39, 0.29) is 12.0 Å².